The lowest BCUT2D eigenvalue weighted by Gasteiger charge is -2.37. The molecule has 1 N–H and O–H groups in total. The Balaban J connectivity index is 2.36. The maximum atomic E-state index is 10.7. The summed E-state index contributed by atoms with van der Waals surface area (Å²) in [6, 6.07) is 9.67. The Bertz CT molecular complexity index is 659. The van der Waals surface area contributed by atoms with Gasteiger partial charge in [-0.15, -0.1) is 0 Å². The quantitative estimate of drug-likeness (QED) is 0.681. The van der Waals surface area contributed by atoms with Crippen LogP contribution in [0, 0.1) is 5.41 Å². The topological polar surface area (TPSA) is 70.9 Å². The van der Waals surface area contributed by atoms with Crippen LogP contribution in [0.25, 0.3) is 0 Å². The molecule has 2 rings (SSSR count). The van der Waals surface area contributed by atoms with Gasteiger partial charge in [-0.2, -0.15) is 9.98 Å². The zero-order valence-electron chi connectivity index (χ0n) is 11.8. The zero-order valence-corrected chi connectivity index (χ0v) is 11.8. The average molecular weight is 281 g/mol. The van der Waals surface area contributed by atoms with Gasteiger partial charge >= 0.3 is 0 Å². The Morgan fingerprint density at radius 1 is 1.05 bits per heavy atom. The fourth-order valence-electron chi connectivity index (χ4n) is 2.26. The van der Waals surface area contributed by atoms with E-state index in [2.05, 4.69) is 15.3 Å². The second-order valence-corrected chi connectivity index (χ2v) is 5.28. The summed E-state index contributed by atoms with van der Waals surface area (Å²) in [4.78, 5) is 28.7. The number of isocyanates is 2. The summed E-state index contributed by atoms with van der Waals surface area (Å²) in [7, 11) is 0. The molecular formula is C16H15N3O2. The molecule has 0 saturated heterocycles. The van der Waals surface area contributed by atoms with Crippen LogP contribution in [-0.4, -0.2) is 17.8 Å². The van der Waals surface area contributed by atoms with E-state index in [9.17, 15) is 9.59 Å². The number of carbonyl (C=O) groups excluding carboxylic acids is 2. The van der Waals surface area contributed by atoms with Crippen LogP contribution in [0.4, 0.5) is 5.69 Å². The maximum absolute atomic E-state index is 10.7. The minimum atomic E-state index is -1.29. The molecule has 0 radical (unpaired) electrons. The molecular weight excluding hydrogens is 266 g/mol. The number of anilines is 1. The van der Waals surface area contributed by atoms with Gasteiger partial charge in [0, 0.05) is 16.8 Å². The number of hydrogen-bond donors (Lipinski definition) is 1. The van der Waals surface area contributed by atoms with Crippen molar-refractivity contribution in [1.29, 1.82) is 0 Å². The van der Waals surface area contributed by atoms with Gasteiger partial charge in [-0.25, -0.2) is 9.59 Å². The van der Waals surface area contributed by atoms with Gasteiger partial charge in [0.1, 0.15) is 0 Å². The lowest BCUT2D eigenvalue weighted by atomic mass is 9.75. The van der Waals surface area contributed by atoms with Crippen molar-refractivity contribution >= 4 is 17.8 Å². The Labute approximate surface area is 122 Å². The summed E-state index contributed by atoms with van der Waals surface area (Å²) in [5, 5.41) is 3.25. The van der Waals surface area contributed by atoms with Crippen LogP contribution in [0.15, 0.2) is 64.2 Å². The van der Waals surface area contributed by atoms with Crippen molar-refractivity contribution in [2.45, 2.75) is 19.5 Å². The maximum Gasteiger partial charge on any atom is 0.237 e. The summed E-state index contributed by atoms with van der Waals surface area (Å²) in [5.41, 5.74) is -0.190. The lowest BCUT2D eigenvalue weighted by molar-refractivity contribution is 0.290. The van der Waals surface area contributed by atoms with E-state index in [1.54, 1.807) is 12.2 Å². The van der Waals surface area contributed by atoms with E-state index in [1.807, 2.05) is 50.3 Å². The van der Waals surface area contributed by atoms with Gasteiger partial charge in [0.05, 0.1) is 0 Å². The zero-order chi connectivity index (χ0) is 15.3. The first-order chi connectivity index (χ1) is 10.0. The molecule has 0 unspecified atom stereocenters. The molecule has 1 aliphatic rings. The molecule has 1 aromatic rings. The summed E-state index contributed by atoms with van der Waals surface area (Å²) >= 11 is 0. The number of nitrogens with zero attached hydrogens (tertiary/aromatic N) is 2. The van der Waals surface area contributed by atoms with Crippen LogP contribution in [-0.2, 0) is 9.59 Å². The first kappa shape index (κ1) is 14.7. The number of hydrogen-bond acceptors (Lipinski definition) is 5. The van der Waals surface area contributed by atoms with Gasteiger partial charge < -0.3 is 5.32 Å². The van der Waals surface area contributed by atoms with Gasteiger partial charge in [-0.3, -0.25) is 0 Å². The van der Waals surface area contributed by atoms with Crippen molar-refractivity contribution in [3.63, 3.8) is 0 Å². The van der Waals surface area contributed by atoms with Gasteiger partial charge in [0.25, 0.3) is 0 Å². The van der Waals surface area contributed by atoms with Crippen molar-refractivity contribution in [3.05, 3.63) is 54.3 Å². The first-order valence-corrected chi connectivity index (χ1v) is 6.45. The smallest absolute Gasteiger partial charge is 0.237 e. The summed E-state index contributed by atoms with van der Waals surface area (Å²) in [6.45, 7) is 3.68. The fourth-order valence-corrected chi connectivity index (χ4v) is 2.26. The molecule has 1 aliphatic carbocycles. The van der Waals surface area contributed by atoms with Crippen LogP contribution in [0.1, 0.15) is 13.8 Å². The molecule has 5 heteroatoms. The van der Waals surface area contributed by atoms with Gasteiger partial charge in [0.2, 0.25) is 17.8 Å². The molecule has 0 amide bonds. The predicted molar refractivity (Wildman–Crippen MR) is 80.0 cm³/mol. The van der Waals surface area contributed by atoms with E-state index in [4.69, 9.17) is 0 Å². The minimum absolute atomic E-state index is 0.673. The molecule has 0 bridgehead atoms. The molecule has 0 aromatic heterocycles. The normalized spacial score (nSPS) is 22.5. The number of allylic oxidation sites excluding steroid dienone is 1. The van der Waals surface area contributed by atoms with Crippen LogP contribution >= 0.6 is 0 Å². The largest absolute Gasteiger partial charge is 0.356 e. The van der Waals surface area contributed by atoms with Crippen molar-refractivity contribution in [1.82, 2.24) is 0 Å². The van der Waals surface area contributed by atoms with Gasteiger partial charge in [0.15, 0.2) is 0 Å². The number of rotatable bonds is 4. The molecule has 0 fully saturated rings. The Morgan fingerprint density at radius 3 is 2.19 bits per heavy atom. The Kier molecular flexibility index (Phi) is 3.99. The monoisotopic (exact) mass is 281 g/mol. The van der Waals surface area contributed by atoms with Crippen molar-refractivity contribution in [2.24, 2.45) is 15.4 Å². The molecule has 0 saturated carbocycles. The highest BCUT2D eigenvalue weighted by Gasteiger charge is 2.44. The van der Waals surface area contributed by atoms with Crippen molar-refractivity contribution in [2.75, 3.05) is 5.32 Å². The SMILES string of the molecule is CC1(C)C=C(Nc2ccccc2)C=CC1(N=C=O)N=C=O. The van der Waals surface area contributed by atoms with E-state index in [-0.39, 0.29) is 0 Å². The molecule has 0 aliphatic heterocycles. The van der Waals surface area contributed by atoms with Crippen LogP contribution < -0.4 is 5.32 Å². The highest BCUT2D eigenvalue weighted by Crippen LogP contribution is 2.42. The summed E-state index contributed by atoms with van der Waals surface area (Å²) in [6.07, 6.45) is 8.19. The predicted octanol–water partition coefficient (Wildman–Crippen LogP) is 2.95. The molecule has 5 nitrogen and oxygen atoms in total. The summed E-state index contributed by atoms with van der Waals surface area (Å²) in [5.74, 6) is 0. The molecule has 0 heterocycles. The third-order valence-corrected chi connectivity index (χ3v) is 3.45. The third kappa shape index (κ3) is 2.90. The number of benzene rings is 1. The van der Waals surface area contributed by atoms with Crippen molar-refractivity contribution in [3.8, 4) is 0 Å². The minimum Gasteiger partial charge on any atom is -0.356 e. The number of para-hydroxylation sites is 1. The Morgan fingerprint density at radius 2 is 1.67 bits per heavy atom. The van der Waals surface area contributed by atoms with Crippen LogP contribution in [0.5, 0.6) is 0 Å². The van der Waals surface area contributed by atoms with Gasteiger partial charge in [-0.05, 0) is 24.3 Å². The third-order valence-electron chi connectivity index (χ3n) is 3.45. The molecule has 21 heavy (non-hydrogen) atoms. The molecule has 0 spiro atoms. The second-order valence-electron chi connectivity index (χ2n) is 5.28. The number of nitrogens with one attached hydrogen (secondary N) is 1. The first-order valence-electron chi connectivity index (χ1n) is 6.45. The number of aliphatic imine (C=N–C) groups is 2. The van der Waals surface area contributed by atoms with E-state index in [0.29, 0.717) is 0 Å². The van der Waals surface area contributed by atoms with E-state index in [0.717, 1.165) is 11.4 Å². The van der Waals surface area contributed by atoms with Crippen LogP contribution in [0.2, 0.25) is 0 Å². The lowest BCUT2D eigenvalue weighted by Crippen LogP contribution is -2.40. The summed E-state index contributed by atoms with van der Waals surface area (Å²) < 4.78 is 0. The fraction of sp³-hybridized carbons (Fsp3) is 0.250. The second kappa shape index (κ2) is 5.71. The van der Waals surface area contributed by atoms with Gasteiger partial charge in [-0.1, -0.05) is 38.1 Å². The Hall–Kier alpha value is -2.74. The standard InChI is InChI=1S/C16H15N3O2/c1-15(2)10-14(19-13-6-4-3-5-7-13)8-9-16(15,17-11-20)18-12-21/h3-10,19H,1-2H3. The van der Waals surface area contributed by atoms with E-state index < -0.39 is 11.1 Å². The van der Waals surface area contributed by atoms with E-state index in [1.165, 1.54) is 12.2 Å². The van der Waals surface area contributed by atoms with Crippen LogP contribution in [0.3, 0.4) is 0 Å². The highest BCUT2D eigenvalue weighted by atomic mass is 16.1. The highest BCUT2D eigenvalue weighted by molar-refractivity contribution is 5.54. The van der Waals surface area contributed by atoms with E-state index >= 15 is 0 Å². The molecule has 1 aromatic carbocycles. The van der Waals surface area contributed by atoms with Crippen molar-refractivity contribution < 1.29 is 9.59 Å². The average Bonchev–Trinajstić information content (AvgIpc) is 2.44. The molecule has 106 valence electrons. The molecule has 0 atom stereocenters.